The first-order valence-electron chi connectivity index (χ1n) is 7.24. The van der Waals surface area contributed by atoms with Gasteiger partial charge in [-0.2, -0.15) is 5.26 Å². The number of carbonyl (C=O) groups excluding carboxylic acids is 1. The zero-order chi connectivity index (χ0) is 19.3. The van der Waals surface area contributed by atoms with E-state index in [9.17, 15) is 30.3 Å². The molecule has 0 unspecified atom stereocenters. The molecule has 0 heterocycles. The van der Waals surface area contributed by atoms with Crippen LogP contribution in [-0.2, 0) is 4.79 Å². The Labute approximate surface area is 147 Å². The molecule has 0 radical (unpaired) electrons. The Morgan fingerprint density at radius 3 is 2.15 bits per heavy atom. The molecule has 9 heteroatoms. The van der Waals surface area contributed by atoms with Crippen LogP contribution in [0.25, 0.3) is 6.08 Å². The number of nitrogens with zero attached hydrogens (tertiary/aromatic N) is 3. The van der Waals surface area contributed by atoms with Crippen LogP contribution in [0.2, 0.25) is 0 Å². The highest BCUT2D eigenvalue weighted by atomic mass is 16.6. The molecule has 9 nitrogen and oxygen atoms in total. The molecule has 0 aliphatic carbocycles. The first-order chi connectivity index (χ1) is 12.3. The quantitative estimate of drug-likeness (QED) is 0.379. The zero-order valence-corrected chi connectivity index (χ0v) is 13.5. The number of nitro groups is 2. The van der Waals surface area contributed by atoms with E-state index < -0.39 is 15.8 Å². The summed E-state index contributed by atoms with van der Waals surface area (Å²) in [7, 11) is 0. The zero-order valence-electron chi connectivity index (χ0n) is 13.5. The van der Waals surface area contributed by atoms with E-state index in [-0.39, 0.29) is 16.9 Å². The van der Waals surface area contributed by atoms with E-state index in [2.05, 4.69) is 5.32 Å². The monoisotopic (exact) mass is 352 g/mol. The molecule has 130 valence electrons. The second-order valence-corrected chi connectivity index (χ2v) is 5.23. The van der Waals surface area contributed by atoms with Gasteiger partial charge in [0.05, 0.1) is 9.85 Å². The SMILES string of the molecule is Cc1cc([N+](=O)[O-])ccc1NC(=O)C(C#N)=Cc1ccc([N+](=O)[O-])cc1. The Morgan fingerprint density at radius 1 is 1.08 bits per heavy atom. The molecule has 0 aliphatic heterocycles. The van der Waals surface area contributed by atoms with Crippen molar-refractivity contribution in [2.75, 3.05) is 5.32 Å². The largest absolute Gasteiger partial charge is 0.321 e. The van der Waals surface area contributed by atoms with E-state index in [4.69, 9.17) is 0 Å². The number of carbonyl (C=O) groups is 1. The number of anilines is 1. The van der Waals surface area contributed by atoms with Crippen molar-refractivity contribution in [1.29, 1.82) is 5.26 Å². The third-order valence-electron chi connectivity index (χ3n) is 3.45. The first kappa shape index (κ1) is 18.3. The average Bonchev–Trinajstić information content (AvgIpc) is 2.61. The number of benzene rings is 2. The lowest BCUT2D eigenvalue weighted by molar-refractivity contribution is -0.385. The molecule has 26 heavy (non-hydrogen) atoms. The summed E-state index contributed by atoms with van der Waals surface area (Å²) in [4.78, 5) is 32.5. The second-order valence-electron chi connectivity index (χ2n) is 5.23. The maximum absolute atomic E-state index is 12.3. The summed E-state index contributed by atoms with van der Waals surface area (Å²) in [5, 5.41) is 33.1. The lowest BCUT2D eigenvalue weighted by Gasteiger charge is -2.07. The van der Waals surface area contributed by atoms with Gasteiger partial charge >= 0.3 is 0 Å². The van der Waals surface area contributed by atoms with E-state index >= 15 is 0 Å². The Kier molecular flexibility index (Phi) is 5.40. The molecule has 2 aromatic carbocycles. The van der Waals surface area contributed by atoms with Gasteiger partial charge in [0.2, 0.25) is 0 Å². The van der Waals surface area contributed by atoms with Gasteiger partial charge in [0, 0.05) is 30.0 Å². The molecule has 0 aromatic heterocycles. The van der Waals surface area contributed by atoms with E-state index in [0.717, 1.165) is 0 Å². The second kappa shape index (κ2) is 7.67. The lowest BCUT2D eigenvalue weighted by Crippen LogP contribution is -2.14. The average molecular weight is 352 g/mol. The molecule has 1 N–H and O–H groups in total. The maximum Gasteiger partial charge on any atom is 0.269 e. The highest BCUT2D eigenvalue weighted by Crippen LogP contribution is 2.22. The third-order valence-corrected chi connectivity index (χ3v) is 3.45. The number of nitro benzene ring substituents is 2. The van der Waals surface area contributed by atoms with Crippen LogP contribution in [-0.4, -0.2) is 15.8 Å². The molecule has 0 atom stereocenters. The molecule has 2 rings (SSSR count). The standard InChI is InChI=1S/C17H12N4O5/c1-11-8-15(21(25)26)6-7-16(11)19-17(22)13(10-18)9-12-2-4-14(5-3-12)20(23)24/h2-9H,1H3,(H,19,22). The van der Waals surface area contributed by atoms with Crippen molar-refractivity contribution < 1.29 is 14.6 Å². The number of nitrogens with one attached hydrogen (secondary N) is 1. The van der Waals surface area contributed by atoms with Crippen LogP contribution in [0.3, 0.4) is 0 Å². The van der Waals surface area contributed by atoms with Crippen molar-refractivity contribution >= 4 is 29.0 Å². The maximum atomic E-state index is 12.3. The Balaban J connectivity index is 2.22. The van der Waals surface area contributed by atoms with Crippen LogP contribution in [0.15, 0.2) is 48.0 Å². The van der Waals surface area contributed by atoms with Gasteiger partial charge in [0.15, 0.2) is 0 Å². The molecular formula is C17H12N4O5. The number of nitriles is 1. The highest BCUT2D eigenvalue weighted by molar-refractivity contribution is 6.10. The summed E-state index contributed by atoms with van der Waals surface area (Å²) in [6.45, 7) is 1.59. The summed E-state index contributed by atoms with van der Waals surface area (Å²) < 4.78 is 0. The van der Waals surface area contributed by atoms with Gasteiger partial charge in [-0.25, -0.2) is 0 Å². The summed E-state index contributed by atoms with van der Waals surface area (Å²) in [6.07, 6.45) is 1.29. The van der Waals surface area contributed by atoms with E-state index in [1.54, 1.807) is 13.0 Å². The van der Waals surface area contributed by atoms with Crippen molar-refractivity contribution in [2.24, 2.45) is 0 Å². The van der Waals surface area contributed by atoms with Crippen molar-refractivity contribution in [1.82, 2.24) is 0 Å². The minimum Gasteiger partial charge on any atom is -0.321 e. The van der Waals surface area contributed by atoms with Gasteiger partial charge in [-0.3, -0.25) is 25.0 Å². The van der Waals surface area contributed by atoms with Gasteiger partial charge < -0.3 is 5.32 Å². The Morgan fingerprint density at radius 2 is 1.65 bits per heavy atom. The fourth-order valence-corrected chi connectivity index (χ4v) is 2.10. The Hall–Kier alpha value is -4.06. The van der Waals surface area contributed by atoms with Gasteiger partial charge in [-0.1, -0.05) is 0 Å². The molecule has 0 fully saturated rings. The van der Waals surface area contributed by atoms with Gasteiger partial charge in [-0.05, 0) is 42.3 Å². The third kappa shape index (κ3) is 4.27. The predicted molar refractivity (Wildman–Crippen MR) is 93.1 cm³/mol. The minimum absolute atomic E-state index is 0.105. The highest BCUT2D eigenvalue weighted by Gasteiger charge is 2.14. The Bertz CT molecular complexity index is 958. The lowest BCUT2D eigenvalue weighted by atomic mass is 10.1. The van der Waals surface area contributed by atoms with E-state index in [1.807, 2.05) is 0 Å². The smallest absolute Gasteiger partial charge is 0.269 e. The van der Waals surface area contributed by atoms with Crippen LogP contribution in [0.4, 0.5) is 17.1 Å². The molecule has 0 saturated heterocycles. The topological polar surface area (TPSA) is 139 Å². The number of hydrogen-bond acceptors (Lipinski definition) is 6. The van der Waals surface area contributed by atoms with Gasteiger partial charge in [0.25, 0.3) is 17.3 Å². The van der Waals surface area contributed by atoms with Crippen molar-refractivity contribution in [3.05, 3.63) is 79.4 Å². The minimum atomic E-state index is -0.692. The van der Waals surface area contributed by atoms with Crippen molar-refractivity contribution in [3.63, 3.8) is 0 Å². The first-order valence-corrected chi connectivity index (χ1v) is 7.24. The van der Waals surface area contributed by atoms with Crippen LogP contribution in [0.5, 0.6) is 0 Å². The number of non-ortho nitro benzene ring substituents is 2. The summed E-state index contributed by atoms with van der Waals surface area (Å²) >= 11 is 0. The molecule has 1 amide bonds. The van der Waals surface area contributed by atoms with Crippen LogP contribution >= 0.6 is 0 Å². The normalized spacial score (nSPS) is 10.7. The van der Waals surface area contributed by atoms with Crippen LogP contribution < -0.4 is 5.32 Å². The summed E-state index contributed by atoms with van der Waals surface area (Å²) in [5.74, 6) is -0.692. The molecule has 0 spiro atoms. The molecular weight excluding hydrogens is 340 g/mol. The van der Waals surface area contributed by atoms with Crippen LogP contribution in [0, 0.1) is 38.5 Å². The number of hydrogen-bond donors (Lipinski definition) is 1. The van der Waals surface area contributed by atoms with Crippen molar-refractivity contribution in [2.45, 2.75) is 6.92 Å². The van der Waals surface area contributed by atoms with Gasteiger partial charge in [0.1, 0.15) is 11.6 Å². The fourth-order valence-electron chi connectivity index (χ4n) is 2.10. The summed E-state index contributed by atoms with van der Waals surface area (Å²) in [5.41, 5.74) is 0.832. The fraction of sp³-hybridized carbons (Fsp3) is 0.0588. The number of aryl methyl sites for hydroxylation is 1. The van der Waals surface area contributed by atoms with Gasteiger partial charge in [-0.15, -0.1) is 0 Å². The predicted octanol–water partition coefficient (Wildman–Crippen LogP) is 3.36. The molecule has 0 bridgehead atoms. The van der Waals surface area contributed by atoms with E-state index in [1.165, 1.54) is 48.5 Å². The van der Waals surface area contributed by atoms with E-state index in [0.29, 0.717) is 16.8 Å². The van der Waals surface area contributed by atoms with Crippen LogP contribution in [0.1, 0.15) is 11.1 Å². The molecule has 0 saturated carbocycles. The summed E-state index contributed by atoms with van der Waals surface area (Å²) in [6, 6.07) is 11.1. The number of amides is 1. The van der Waals surface area contributed by atoms with Crippen molar-refractivity contribution in [3.8, 4) is 6.07 Å². The molecule has 2 aromatic rings. The number of rotatable bonds is 5. The molecule has 0 aliphatic rings.